The van der Waals surface area contributed by atoms with Crippen LogP contribution >= 0.6 is 11.6 Å². The Morgan fingerprint density at radius 2 is 2.11 bits per heavy atom. The van der Waals surface area contributed by atoms with E-state index in [0.717, 1.165) is 16.7 Å². The third-order valence-corrected chi connectivity index (χ3v) is 3.87. The maximum Gasteiger partial charge on any atom is 0.124 e. The molecule has 0 amide bonds. The Bertz CT molecular complexity index is 480. The summed E-state index contributed by atoms with van der Waals surface area (Å²) in [5, 5.41) is 9.82. The SMILES string of the molecule is CCC(C#N)C(N)c1c(OC)cc(C)c(Cl)c1C. The number of halogens is 1. The molecule has 18 heavy (non-hydrogen) atoms. The van der Waals surface area contributed by atoms with E-state index in [-0.39, 0.29) is 12.0 Å². The molecule has 0 aromatic heterocycles. The van der Waals surface area contributed by atoms with Gasteiger partial charge in [-0.1, -0.05) is 18.5 Å². The third kappa shape index (κ3) is 2.60. The van der Waals surface area contributed by atoms with Crippen LogP contribution in [0.1, 0.15) is 36.1 Å². The zero-order valence-electron chi connectivity index (χ0n) is 11.2. The molecular formula is C14H19ClN2O. The highest BCUT2D eigenvalue weighted by molar-refractivity contribution is 6.32. The van der Waals surface area contributed by atoms with Gasteiger partial charge >= 0.3 is 0 Å². The quantitative estimate of drug-likeness (QED) is 0.907. The zero-order chi connectivity index (χ0) is 13.9. The van der Waals surface area contributed by atoms with Crippen LogP contribution in [-0.2, 0) is 0 Å². The van der Waals surface area contributed by atoms with Gasteiger partial charge in [0.25, 0.3) is 0 Å². The van der Waals surface area contributed by atoms with Crippen molar-refractivity contribution in [3.8, 4) is 11.8 Å². The molecule has 0 saturated carbocycles. The molecule has 1 rings (SSSR count). The number of rotatable bonds is 4. The fourth-order valence-corrected chi connectivity index (χ4v) is 2.30. The molecule has 4 heteroatoms. The molecule has 0 aliphatic rings. The van der Waals surface area contributed by atoms with Crippen LogP contribution < -0.4 is 10.5 Å². The van der Waals surface area contributed by atoms with Crippen LogP contribution in [0.2, 0.25) is 5.02 Å². The highest BCUT2D eigenvalue weighted by Crippen LogP contribution is 2.37. The van der Waals surface area contributed by atoms with E-state index in [1.165, 1.54) is 0 Å². The lowest BCUT2D eigenvalue weighted by molar-refractivity contribution is 0.396. The Balaban J connectivity index is 3.39. The van der Waals surface area contributed by atoms with Crippen LogP contribution in [-0.4, -0.2) is 7.11 Å². The number of aryl methyl sites for hydroxylation is 1. The van der Waals surface area contributed by atoms with Gasteiger partial charge in [0.2, 0.25) is 0 Å². The van der Waals surface area contributed by atoms with Gasteiger partial charge in [0.15, 0.2) is 0 Å². The van der Waals surface area contributed by atoms with Crippen molar-refractivity contribution in [3.63, 3.8) is 0 Å². The Kier molecular flexibility index (Phi) is 5.01. The number of benzene rings is 1. The number of ether oxygens (including phenoxy) is 1. The number of methoxy groups -OCH3 is 1. The van der Waals surface area contributed by atoms with Crippen LogP contribution in [0.3, 0.4) is 0 Å². The van der Waals surface area contributed by atoms with Gasteiger partial charge in [-0.15, -0.1) is 0 Å². The van der Waals surface area contributed by atoms with E-state index >= 15 is 0 Å². The molecular weight excluding hydrogens is 248 g/mol. The minimum atomic E-state index is -0.381. The molecule has 0 aliphatic heterocycles. The van der Waals surface area contributed by atoms with Crippen LogP contribution in [0.5, 0.6) is 5.75 Å². The van der Waals surface area contributed by atoms with E-state index in [9.17, 15) is 0 Å². The van der Waals surface area contributed by atoms with E-state index in [4.69, 9.17) is 27.3 Å². The number of nitrogens with two attached hydrogens (primary N) is 1. The van der Waals surface area contributed by atoms with Gasteiger partial charge in [-0.2, -0.15) is 5.26 Å². The Labute approximate surface area is 114 Å². The first kappa shape index (κ1) is 14.8. The minimum Gasteiger partial charge on any atom is -0.496 e. The third-order valence-electron chi connectivity index (χ3n) is 3.28. The molecule has 0 spiro atoms. The number of nitriles is 1. The highest BCUT2D eigenvalue weighted by atomic mass is 35.5. The summed E-state index contributed by atoms with van der Waals surface area (Å²) in [4.78, 5) is 0. The molecule has 3 nitrogen and oxygen atoms in total. The van der Waals surface area contributed by atoms with E-state index in [0.29, 0.717) is 17.2 Å². The Morgan fingerprint density at radius 3 is 2.56 bits per heavy atom. The van der Waals surface area contributed by atoms with Crippen molar-refractivity contribution in [2.24, 2.45) is 11.7 Å². The van der Waals surface area contributed by atoms with Crippen molar-refractivity contribution < 1.29 is 4.74 Å². The second kappa shape index (κ2) is 6.08. The van der Waals surface area contributed by atoms with E-state index in [1.54, 1.807) is 7.11 Å². The smallest absolute Gasteiger partial charge is 0.124 e. The number of nitrogens with zero attached hydrogens (tertiary/aromatic N) is 1. The van der Waals surface area contributed by atoms with Crippen molar-refractivity contribution in [1.29, 1.82) is 5.26 Å². The summed E-state index contributed by atoms with van der Waals surface area (Å²) in [7, 11) is 1.60. The van der Waals surface area contributed by atoms with Crippen molar-refractivity contribution in [1.82, 2.24) is 0 Å². The maximum atomic E-state index is 9.13. The van der Waals surface area contributed by atoms with E-state index in [1.807, 2.05) is 26.8 Å². The summed E-state index contributed by atoms with van der Waals surface area (Å²) in [5.74, 6) is 0.465. The van der Waals surface area contributed by atoms with Crippen molar-refractivity contribution in [2.75, 3.05) is 7.11 Å². The van der Waals surface area contributed by atoms with Gasteiger partial charge in [0.05, 0.1) is 19.1 Å². The fraction of sp³-hybridized carbons (Fsp3) is 0.500. The summed E-state index contributed by atoms with van der Waals surface area (Å²) in [6.07, 6.45) is 0.700. The average Bonchev–Trinajstić information content (AvgIpc) is 2.36. The first-order valence-corrected chi connectivity index (χ1v) is 6.34. The molecule has 0 fully saturated rings. The summed E-state index contributed by atoms with van der Waals surface area (Å²) in [6, 6.07) is 3.73. The van der Waals surface area contributed by atoms with E-state index < -0.39 is 0 Å². The van der Waals surface area contributed by atoms with Crippen molar-refractivity contribution in [2.45, 2.75) is 33.2 Å². The predicted octanol–water partition coefficient (Wildman–Crippen LogP) is 3.52. The molecule has 0 aliphatic carbocycles. The van der Waals surface area contributed by atoms with Crippen molar-refractivity contribution in [3.05, 3.63) is 27.8 Å². The molecule has 2 unspecified atom stereocenters. The molecule has 0 heterocycles. The Morgan fingerprint density at radius 1 is 1.50 bits per heavy atom. The van der Waals surface area contributed by atoms with E-state index in [2.05, 4.69) is 6.07 Å². The van der Waals surface area contributed by atoms with Crippen LogP contribution in [0.4, 0.5) is 0 Å². The van der Waals surface area contributed by atoms with Gasteiger partial charge in [-0.25, -0.2) is 0 Å². The first-order valence-electron chi connectivity index (χ1n) is 5.96. The lowest BCUT2D eigenvalue weighted by Gasteiger charge is -2.23. The Hall–Kier alpha value is -1.24. The lowest BCUT2D eigenvalue weighted by atomic mass is 9.88. The fourth-order valence-electron chi connectivity index (χ4n) is 2.15. The maximum absolute atomic E-state index is 9.13. The summed E-state index contributed by atoms with van der Waals surface area (Å²) in [5.41, 5.74) is 8.88. The monoisotopic (exact) mass is 266 g/mol. The lowest BCUT2D eigenvalue weighted by Crippen LogP contribution is -2.21. The van der Waals surface area contributed by atoms with Gasteiger partial charge in [-0.05, 0) is 37.5 Å². The highest BCUT2D eigenvalue weighted by Gasteiger charge is 2.24. The predicted molar refractivity (Wildman–Crippen MR) is 73.8 cm³/mol. The number of hydrogen-bond donors (Lipinski definition) is 1. The summed E-state index contributed by atoms with van der Waals surface area (Å²) >= 11 is 6.25. The second-order valence-electron chi connectivity index (χ2n) is 4.42. The summed E-state index contributed by atoms with van der Waals surface area (Å²) < 4.78 is 5.37. The van der Waals surface area contributed by atoms with Crippen LogP contribution in [0.25, 0.3) is 0 Å². The van der Waals surface area contributed by atoms with Gasteiger partial charge < -0.3 is 10.5 Å². The number of hydrogen-bond acceptors (Lipinski definition) is 3. The molecule has 0 bridgehead atoms. The average molecular weight is 267 g/mol. The molecule has 98 valence electrons. The summed E-state index contributed by atoms with van der Waals surface area (Å²) in [6.45, 7) is 5.79. The topological polar surface area (TPSA) is 59.0 Å². The molecule has 0 saturated heterocycles. The van der Waals surface area contributed by atoms with Gasteiger partial charge in [0, 0.05) is 16.6 Å². The van der Waals surface area contributed by atoms with Crippen LogP contribution in [0.15, 0.2) is 6.07 Å². The normalized spacial score (nSPS) is 13.8. The van der Waals surface area contributed by atoms with Crippen LogP contribution in [0, 0.1) is 31.1 Å². The second-order valence-corrected chi connectivity index (χ2v) is 4.80. The first-order chi connectivity index (χ1) is 8.47. The molecule has 1 aromatic rings. The van der Waals surface area contributed by atoms with Gasteiger partial charge in [0.1, 0.15) is 5.75 Å². The largest absolute Gasteiger partial charge is 0.496 e. The molecule has 2 atom stereocenters. The molecule has 0 radical (unpaired) electrons. The van der Waals surface area contributed by atoms with Crippen molar-refractivity contribution >= 4 is 11.6 Å². The minimum absolute atomic E-state index is 0.239. The zero-order valence-corrected chi connectivity index (χ0v) is 12.0. The van der Waals surface area contributed by atoms with Gasteiger partial charge in [-0.3, -0.25) is 0 Å². The molecule has 2 N–H and O–H groups in total. The standard InChI is InChI=1S/C14H19ClN2O/c1-5-10(7-16)14(17)12-9(3)13(15)8(2)6-11(12)18-4/h6,10,14H,5,17H2,1-4H3. The molecule has 1 aromatic carbocycles.